The minimum Gasteiger partial charge on any atom is -0.464 e. The minimum atomic E-state index is -0.415. The largest absolute Gasteiger partial charge is 0.464 e. The van der Waals surface area contributed by atoms with Crippen molar-refractivity contribution in [1.29, 1.82) is 0 Å². The maximum Gasteiger partial charge on any atom is 0.318 e. The molecule has 5 rings (SSSR count). The van der Waals surface area contributed by atoms with E-state index in [9.17, 15) is 4.39 Å². The van der Waals surface area contributed by atoms with Gasteiger partial charge in [-0.1, -0.05) is 6.92 Å². The smallest absolute Gasteiger partial charge is 0.318 e. The Kier molecular flexibility index (Phi) is 6.91. The Morgan fingerprint density at radius 3 is 2.56 bits per heavy atom. The zero-order chi connectivity index (χ0) is 25.2. The lowest BCUT2D eigenvalue weighted by Gasteiger charge is -2.29. The first-order valence-corrected chi connectivity index (χ1v) is 12.6. The first-order valence-electron chi connectivity index (χ1n) is 12.6. The summed E-state index contributed by atoms with van der Waals surface area (Å²) in [4.78, 5) is 25.3. The molecule has 0 bridgehead atoms. The van der Waals surface area contributed by atoms with Crippen LogP contribution in [0.3, 0.4) is 0 Å². The zero-order valence-corrected chi connectivity index (χ0v) is 21.3. The van der Waals surface area contributed by atoms with E-state index in [1.165, 1.54) is 23.5 Å². The lowest BCUT2D eigenvalue weighted by Crippen LogP contribution is -2.29. The van der Waals surface area contributed by atoms with Crippen LogP contribution in [0.15, 0.2) is 30.7 Å². The molecular formula is C27H32FN7O. The summed E-state index contributed by atoms with van der Waals surface area (Å²) in [6.45, 7) is 9.10. The molecule has 0 aliphatic carbocycles. The first kappa shape index (κ1) is 24.2. The van der Waals surface area contributed by atoms with Gasteiger partial charge in [0.05, 0.1) is 25.0 Å². The number of aromatic nitrogens is 6. The van der Waals surface area contributed by atoms with Gasteiger partial charge in [0.2, 0.25) is 0 Å². The molecule has 1 aliphatic heterocycles. The van der Waals surface area contributed by atoms with Crippen molar-refractivity contribution >= 4 is 11.2 Å². The number of fused-ring (bicyclic) bond motifs is 1. The summed E-state index contributed by atoms with van der Waals surface area (Å²) >= 11 is 0. The third-order valence-corrected chi connectivity index (χ3v) is 6.94. The fourth-order valence-corrected chi connectivity index (χ4v) is 4.92. The number of aryl methyl sites for hydroxylation is 2. The van der Waals surface area contributed by atoms with E-state index in [1.807, 2.05) is 24.6 Å². The molecule has 188 valence electrons. The van der Waals surface area contributed by atoms with E-state index in [2.05, 4.69) is 39.9 Å². The van der Waals surface area contributed by atoms with Crippen molar-refractivity contribution in [2.24, 2.45) is 0 Å². The van der Waals surface area contributed by atoms with Crippen LogP contribution in [0.25, 0.3) is 22.6 Å². The SMILES string of the molecule is CCOc1nc(C)c2nc(-c3cncc(F)c3)n(Cc3cnc(C4CCN(C)CC4)cc3CC)c2n1. The van der Waals surface area contributed by atoms with Crippen molar-refractivity contribution in [3.63, 3.8) is 0 Å². The number of ether oxygens (including phenoxy) is 1. The third kappa shape index (κ3) is 4.80. The van der Waals surface area contributed by atoms with Gasteiger partial charge in [-0.15, -0.1) is 0 Å². The molecule has 0 aromatic carbocycles. The minimum absolute atomic E-state index is 0.305. The van der Waals surface area contributed by atoms with Crippen molar-refractivity contribution in [2.45, 2.75) is 52.5 Å². The number of rotatable bonds is 7. The van der Waals surface area contributed by atoms with Gasteiger partial charge in [-0.25, -0.2) is 9.37 Å². The summed E-state index contributed by atoms with van der Waals surface area (Å²) in [5.74, 6) is 0.666. The molecule has 9 heteroatoms. The number of hydrogen-bond acceptors (Lipinski definition) is 7. The van der Waals surface area contributed by atoms with Crippen LogP contribution in [0.4, 0.5) is 4.39 Å². The van der Waals surface area contributed by atoms with Crippen LogP contribution in [0.2, 0.25) is 0 Å². The van der Waals surface area contributed by atoms with Gasteiger partial charge in [0.25, 0.3) is 0 Å². The molecule has 8 nitrogen and oxygen atoms in total. The van der Waals surface area contributed by atoms with Crippen LogP contribution in [0.1, 0.15) is 55.1 Å². The highest BCUT2D eigenvalue weighted by Crippen LogP contribution is 2.30. The molecule has 0 N–H and O–H groups in total. The van der Waals surface area contributed by atoms with Crippen LogP contribution >= 0.6 is 0 Å². The van der Waals surface area contributed by atoms with Gasteiger partial charge >= 0.3 is 6.01 Å². The maximum absolute atomic E-state index is 14.1. The van der Waals surface area contributed by atoms with Crippen molar-refractivity contribution in [3.8, 4) is 17.4 Å². The van der Waals surface area contributed by atoms with Crippen LogP contribution in [0.5, 0.6) is 6.01 Å². The Hall–Kier alpha value is -3.46. The molecule has 1 saturated heterocycles. The van der Waals surface area contributed by atoms with Gasteiger partial charge in [0.1, 0.15) is 17.2 Å². The second-order valence-corrected chi connectivity index (χ2v) is 9.42. The average Bonchev–Trinajstić information content (AvgIpc) is 3.24. The van der Waals surface area contributed by atoms with Gasteiger partial charge in [0, 0.05) is 29.6 Å². The van der Waals surface area contributed by atoms with Crippen LogP contribution < -0.4 is 4.74 Å². The Balaban J connectivity index is 1.60. The standard InChI is InChI=1S/C27H32FN7O/c1-5-18-12-23(19-7-9-34(4)10-8-19)30-14-21(18)16-35-25(20-11-22(28)15-29-13-20)32-24-17(3)31-27(36-6-2)33-26(24)35/h11-15,19H,5-10,16H2,1-4H3. The number of nitrogens with zero attached hydrogens (tertiary/aromatic N) is 7. The van der Waals surface area contributed by atoms with Crippen molar-refractivity contribution in [1.82, 2.24) is 34.4 Å². The summed E-state index contributed by atoms with van der Waals surface area (Å²) < 4.78 is 21.7. The lowest BCUT2D eigenvalue weighted by atomic mass is 9.91. The normalized spacial score (nSPS) is 15.0. The quantitative estimate of drug-likeness (QED) is 0.377. The number of halogens is 1. The van der Waals surface area contributed by atoms with Crippen LogP contribution in [-0.2, 0) is 13.0 Å². The third-order valence-electron chi connectivity index (χ3n) is 6.94. The van der Waals surface area contributed by atoms with Gasteiger partial charge in [-0.3, -0.25) is 9.97 Å². The number of hydrogen-bond donors (Lipinski definition) is 0. The van der Waals surface area contributed by atoms with Crippen LogP contribution in [0, 0.1) is 12.7 Å². The Labute approximate surface area is 210 Å². The van der Waals surface area contributed by atoms with Gasteiger partial charge in [-0.2, -0.15) is 9.97 Å². The molecule has 4 aromatic rings. The predicted octanol–water partition coefficient (Wildman–Crippen LogP) is 4.55. The fourth-order valence-electron chi connectivity index (χ4n) is 4.92. The summed E-state index contributed by atoms with van der Waals surface area (Å²) in [6, 6.07) is 4.01. The Morgan fingerprint density at radius 1 is 1.03 bits per heavy atom. The summed E-state index contributed by atoms with van der Waals surface area (Å²) in [5.41, 5.74) is 6.11. The fraction of sp³-hybridized carbons (Fsp3) is 0.444. The molecule has 5 heterocycles. The summed E-state index contributed by atoms with van der Waals surface area (Å²) in [6.07, 6.45) is 7.95. The van der Waals surface area contributed by atoms with Gasteiger partial charge < -0.3 is 14.2 Å². The molecule has 36 heavy (non-hydrogen) atoms. The van der Waals surface area contributed by atoms with Crippen molar-refractivity contribution in [2.75, 3.05) is 26.7 Å². The van der Waals surface area contributed by atoms with E-state index in [4.69, 9.17) is 14.7 Å². The number of likely N-dealkylation sites (tertiary alicyclic amines) is 1. The van der Waals surface area contributed by atoms with E-state index in [-0.39, 0.29) is 0 Å². The van der Waals surface area contributed by atoms with Gasteiger partial charge in [-0.05, 0) is 76.5 Å². The summed E-state index contributed by atoms with van der Waals surface area (Å²) in [5, 5.41) is 0. The lowest BCUT2D eigenvalue weighted by molar-refractivity contribution is 0.253. The van der Waals surface area contributed by atoms with Gasteiger partial charge in [0.15, 0.2) is 5.65 Å². The number of pyridine rings is 2. The molecule has 0 saturated carbocycles. The van der Waals surface area contributed by atoms with Crippen molar-refractivity contribution < 1.29 is 9.13 Å². The molecule has 4 aromatic heterocycles. The Morgan fingerprint density at radius 2 is 1.83 bits per heavy atom. The topological polar surface area (TPSA) is 81.8 Å². The second kappa shape index (κ2) is 10.3. The number of imidazole rings is 1. The molecule has 1 aliphatic rings. The highest BCUT2D eigenvalue weighted by Gasteiger charge is 2.22. The zero-order valence-electron chi connectivity index (χ0n) is 21.3. The molecule has 0 spiro atoms. The molecule has 0 radical (unpaired) electrons. The van der Waals surface area contributed by atoms with E-state index < -0.39 is 5.82 Å². The predicted molar refractivity (Wildman–Crippen MR) is 137 cm³/mol. The van der Waals surface area contributed by atoms with Crippen LogP contribution in [-0.4, -0.2) is 61.1 Å². The van der Waals surface area contributed by atoms with E-state index in [1.54, 1.807) is 6.20 Å². The Bertz CT molecular complexity index is 1380. The van der Waals surface area contributed by atoms with E-state index in [0.29, 0.717) is 53.3 Å². The molecule has 1 fully saturated rings. The second-order valence-electron chi connectivity index (χ2n) is 9.42. The highest BCUT2D eigenvalue weighted by atomic mass is 19.1. The number of piperidine rings is 1. The van der Waals surface area contributed by atoms with E-state index in [0.717, 1.165) is 37.9 Å². The summed E-state index contributed by atoms with van der Waals surface area (Å²) in [7, 11) is 2.17. The molecule has 0 unspecified atom stereocenters. The molecule has 0 amide bonds. The monoisotopic (exact) mass is 489 g/mol. The molecular weight excluding hydrogens is 457 g/mol. The highest BCUT2D eigenvalue weighted by molar-refractivity contribution is 5.79. The van der Waals surface area contributed by atoms with E-state index >= 15 is 0 Å². The maximum atomic E-state index is 14.1. The average molecular weight is 490 g/mol. The van der Waals surface area contributed by atoms with Crippen molar-refractivity contribution in [3.05, 3.63) is 59.1 Å². The molecule has 0 atom stereocenters. The first-order chi connectivity index (χ1) is 17.5.